The summed E-state index contributed by atoms with van der Waals surface area (Å²) in [4.78, 5) is 63.6. The van der Waals surface area contributed by atoms with Crippen molar-refractivity contribution in [3.05, 3.63) is 47.5 Å². The second-order valence-electron chi connectivity index (χ2n) is 6.67. The number of piperidine rings is 1. The molecule has 0 saturated carbocycles. The van der Waals surface area contributed by atoms with Gasteiger partial charge in [-0.05, 0) is 30.0 Å². The molecule has 0 bridgehead atoms. The molecule has 28 heavy (non-hydrogen) atoms. The van der Waals surface area contributed by atoms with Crippen LogP contribution in [0.25, 0.3) is 0 Å². The molecule has 0 spiro atoms. The van der Waals surface area contributed by atoms with E-state index >= 15 is 0 Å². The van der Waals surface area contributed by atoms with Gasteiger partial charge in [0.15, 0.2) is 0 Å². The Balaban J connectivity index is 1.41. The molecule has 1 fully saturated rings. The van der Waals surface area contributed by atoms with Crippen molar-refractivity contribution in [2.24, 2.45) is 0 Å². The Morgan fingerprint density at radius 2 is 1.71 bits per heavy atom. The average Bonchev–Trinajstić information content (AvgIpc) is 3.18. The lowest BCUT2D eigenvalue weighted by molar-refractivity contribution is -0.145. The molecule has 1 unspecified atom stereocenters. The van der Waals surface area contributed by atoms with Gasteiger partial charge in [-0.2, -0.15) is 0 Å². The molecule has 0 aliphatic carbocycles. The fourth-order valence-electron chi connectivity index (χ4n) is 3.57. The van der Waals surface area contributed by atoms with Gasteiger partial charge in [-0.15, -0.1) is 0 Å². The van der Waals surface area contributed by atoms with Gasteiger partial charge in [0, 0.05) is 43.0 Å². The zero-order valence-corrected chi connectivity index (χ0v) is 15.7. The molecular weight excluding hydrogens is 382 g/mol. The van der Waals surface area contributed by atoms with Gasteiger partial charge in [-0.1, -0.05) is 18.2 Å². The maximum absolute atomic E-state index is 12.9. The van der Waals surface area contributed by atoms with Gasteiger partial charge in [-0.25, -0.2) is 4.31 Å². The number of rotatable bonds is 5. The first kappa shape index (κ1) is 18.4. The van der Waals surface area contributed by atoms with Gasteiger partial charge in [-0.3, -0.25) is 28.9 Å². The van der Waals surface area contributed by atoms with E-state index in [-0.39, 0.29) is 30.5 Å². The van der Waals surface area contributed by atoms with Crippen molar-refractivity contribution in [2.75, 3.05) is 12.3 Å². The van der Waals surface area contributed by atoms with Crippen LogP contribution in [-0.2, 0) is 25.7 Å². The molecule has 1 saturated heterocycles. The van der Waals surface area contributed by atoms with Crippen LogP contribution in [0, 0.1) is 0 Å². The quantitative estimate of drug-likeness (QED) is 0.535. The van der Waals surface area contributed by atoms with Crippen LogP contribution >= 0.6 is 11.9 Å². The van der Waals surface area contributed by atoms with Gasteiger partial charge >= 0.3 is 0 Å². The van der Waals surface area contributed by atoms with Gasteiger partial charge in [0.2, 0.25) is 5.91 Å². The van der Waals surface area contributed by atoms with Crippen LogP contribution in [0.2, 0.25) is 0 Å². The zero-order valence-electron chi connectivity index (χ0n) is 14.9. The Morgan fingerprint density at radius 3 is 2.43 bits per heavy atom. The highest BCUT2D eigenvalue weighted by atomic mass is 32.2. The van der Waals surface area contributed by atoms with E-state index in [1.807, 2.05) is 12.1 Å². The number of hydrogen-bond donors (Lipinski definition) is 0. The van der Waals surface area contributed by atoms with Crippen LogP contribution in [-0.4, -0.2) is 62.0 Å². The number of amides is 5. The monoisotopic (exact) mass is 399 g/mol. The summed E-state index contributed by atoms with van der Waals surface area (Å²) in [5.74, 6) is -1.54. The maximum atomic E-state index is 12.9. The number of carbonyl (C=O) groups excluding carboxylic acids is 5. The number of carbonyl (C=O) groups is 5. The molecule has 4 rings (SSSR count). The normalized spacial score (nSPS) is 21.9. The minimum atomic E-state index is -0.693. The second-order valence-corrected chi connectivity index (χ2v) is 7.70. The lowest BCUT2D eigenvalue weighted by atomic mass is 10.0. The lowest BCUT2D eigenvalue weighted by Crippen LogP contribution is -2.52. The van der Waals surface area contributed by atoms with E-state index in [2.05, 4.69) is 0 Å². The molecular formula is C19H17N3O5S. The minimum Gasteiger partial charge on any atom is -0.322 e. The molecule has 1 aromatic rings. The summed E-state index contributed by atoms with van der Waals surface area (Å²) in [6.45, 7) is 0.450. The minimum absolute atomic E-state index is 0.102. The van der Waals surface area contributed by atoms with Crippen LogP contribution < -0.4 is 0 Å². The smallest absolute Gasteiger partial charge is 0.262 e. The van der Waals surface area contributed by atoms with Crippen molar-refractivity contribution in [3.8, 4) is 0 Å². The SMILES string of the molecule is O=C1C=CC(=O)N1CCSN1C(=O)CCC(N2Cc3ccccc3C2=O)C1=O. The highest BCUT2D eigenvalue weighted by molar-refractivity contribution is 7.98. The fraction of sp³-hybridized carbons (Fsp3) is 0.316. The third-order valence-corrected chi connectivity index (χ3v) is 6.01. The summed E-state index contributed by atoms with van der Waals surface area (Å²) in [6, 6.07) is 6.53. The summed E-state index contributed by atoms with van der Waals surface area (Å²) < 4.78 is 1.07. The third-order valence-electron chi connectivity index (χ3n) is 5.00. The van der Waals surface area contributed by atoms with E-state index in [9.17, 15) is 24.0 Å². The van der Waals surface area contributed by atoms with Crippen molar-refractivity contribution < 1.29 is 24.0 Å². The molecule has 0 N–H and O–H groups in total. The first-order valence-electron chi connectivity index (χ1n) is 8.89. The molecule has 0 aromatic heterocycles. The van der Waals surface area contributed by atoms with Crippen molar-refractivity contribution in [3.63, 3.8) is 0 Å². The predicted octanol–water partition coefficient (Wildman–Crippen LogP) is 0.733. The lowest BCUT2D eigenvalue weighted by Gasteiger charge is -2.34. The summed E-state index contributed by atoms with van der Waals surface area (Å²) in [6.07, 6.45) is 2.84. The highest BCUT2D eigenvalue weighted by Gasteiger charge is 2.43. The number of benzene rings is 1. The van der Waals surface area contributed by atoms with Gasteiger partial charge in [0.1, 0.15) is 6.04 Å². The number of imide groups is 2. The molecule has 1 aromatic carbocycles. The summed E-state index contributed by atoms with van der Waals surface area (Å²) >= 11 is 0.975. The molecule has 9 heteroatoms. The van der Waals surface area contributed by atoms with Gasteiger partial charge < -0.3 is 4.90 Å². The number of fused-ring (bicyclic) bond motifs is 1. The molecule has 3 aliphatic rings. The van der Waals surface area contributed by atoms with E-state index in [1.165, 1.54) is 17.1 Å². The summed E-state index contributed by atoms with van der Waals surface area (Å²) in [5.41, 5.74) is 1.46. The van der Waals surface area contributed by atoms with Crippen LogP contribution in [0.5, 0.6) is 0 Å². The highest BCUT2D eigenvalue weighted by Crippen LogP contribution is 2.31. The van der Waals surface area contributed by atoms with Crippen LogP contribution in [0.3, 0.4) is 0 Å². The second kappa shape index (κ2) is 7.23. The topological polar surface area (TPSA) is 95.1 Å². The largest absolute Gasteiger partial charge is 0.322 e. The van der Waals surface area contributed by atoms with Crippen molar-refractivity contribution in [2.45, 2.75) is 25.4 Å². The molecule has 5 amide bonds. The first-order valence-corrected chi connectivity index (χ1v) is 9.84. The Hall–Kier alpha value is -2.94. The Bertz CT molecular complexity index is 910. The standard InChI is InChI=1S/C19H17N3O5S/c23-15-7-8-16(24)20(15)9-10-28-22-17(25)6-5-14(19(22)27)21-11-12-3-1-2-4-13(12)18(21)26/h1-4,7-8,14H,5-6,9-11H2. The van der Waals surface area contributed by atoms with Crippen LogP contribution in [0.15, 0.2) is 36.4 Å². The summed E-state index contributed by atoms with van der Waals surface area (Å²) in [7, 11) is 0. The maximum Gasteiger partial charge on any atom is 0.262 e. The van der Waals surface area contributed by atoms with Crippen LogP contribution in [0.4, 0.5) is 0 Å². The van der Waals surface area contributed by atoms with Crippen molar-refractivity contribution in [1.82, 2.24) is 14.1 Å². The van der Waals surface area contributed by atoms with E-state index < -0.39 is 23.8 Å². The van der Waals surface area contributed by atoms with Gasteiger partial charge in [0.05, 0.1) is 0 Å². The Labute approximate surface area is 165 Å². The average molecular weight is 399 g/mol. The summed E-state index contributed by atoms with van der Waals surface area (Å²) in [5, 5.41) is 0. The number of hydrogen-bond acceptors (Lipinski definition) is 6. The molecule has 3 heterocycles. The zero-order chi connectivity index (χ0) is 19.8. The van der Waals surface area contributed by atoms with Gasteiger partial charge in [0.25, 0.3) is 23.6 Å². The van der Waals surface area contributed by atoms with E-state index in [4.69, 9.17) is 0 Å². The molecule has 0 radical (unpaired) electrons. The third kappa shape index (κ3) is 3.11. The number of nitrogens with zero attached hydrogens (tertiary/aromatic N) is 3. The van der Waals surface area contributed by atoms with Crippen LogP contribution in [0.1, 0.15) is 28.8 Å². The first-order chi connectivity index (χ1) is 13.5. The van der Waals surface area contributed by atoms with E-state index in [1.54, 1.807) is 12.1 Å². The Morgan fingerprint density at radius 1 is 1.00 bits per heavy atom. The van der Waals surface area contributed by atoms with Crippen molar-refractivity contribution in [1.29, 1.82) is 0 Å². The van der Waals surface area contributed by atoms with E-state index in [0.29, 0.717) is 18.5 Å². The molecule has 1 atom stereocenters. The van der Waals surface area contributed by atoms with Crippen molar-refractivity contribution >= 4 is 41.5 Å². The predicted molar refractivity (Wildman–Crippen MR) is 99.5 cm³/mol. The molecule has 3 aliphatic heterocycles. The van der Waals surface area contributed by atoms with E-state index in [0.717, 1.165) is 26.7 Å². The molecule has 8 nitrogen and oxygen atoms in total. The Kier molecular flexibility index (Phi) is 4.76. The molecule has 144 valence electrons. The fourth-order valence-corrected chi connectivity index (χ4v) is 4.50.